The van der Waals surface area contributed by atoms with E-state index in [0.717, 1.165) is 11.8 Å². The fourth-order valence-electron chi connectivity index (χ4n) is 2.04. The van der Waals surface area contributed by atoms with Crippen molar-refractivity contribution >= 4 is 67.8 Å². The molecule has 6 nitrogen and oxygen atoms in total. The molecule has 0 radical (unpaired) electrons. The number of hydrogen-bond acceptors (Lipinski definition) is 5. The summed E-state index contributed by atoms with van der Waals surface area (Å²) in [5.74, 6) is -0.318. The second-order valence-corrected chi connectivity index (χ2v) is 7.19. The van der Waals surface area contributed by atoms with E-state index in [1.807, 2.05) is 0 Å². The predicted octanol–water partition coefficient (Wildman–Crippen LogP) is 4.90. The van der Waals surface area contributed by atoms with Crippen LogP contribution in [0, 0.1) is 10.1 Å². The summed E-state index contributed by atoms with van der Waals surface area (Å²) in [7, 11) is 0. The van der Waals surface area contributed by atoms with Crippen LogP contribution in [-0.4, -0.2) is 16.0 Å². The molecule has 0 atom stereocenters. The lowest BCUT2D eigenvalue weighted by Gasteiger charge is -1.99. The molecule has 1 amide bonds. The maximum atomic E-state index is 12.1. The molecular weight excluding hydrogens is 430 g/mol. The highest BCUT2D eigenvalue weighted by atomic mass is 79.9. The molecule has 1 heterocycles. The molecule has 0 spiro atoms. The van der Waals surface area contributed by atoms with Gasteiger partial charge in [0.15, 0.2) is 5.17 Å². The third-order valence-electron chi connectivity index (χ3n) is 3.19. The predicted molar refractivity (Wildman–Crippen MR) is 103 cm³/mol. The van der Waals surface area contributed by atoms with Gasteiger partial charge >= 0.3 is 0 Å². The molecule has 126 valence electrons. The number of para-hydroxylation sites is 1. The maximum Gasteiger partial charge on any atom is 0.284 e. The molecule has 1 aliphatic heterocycles. The minimum absolute atomic E-state index is 0.0669. The van der Waals surface area contributed by atoms with Crippen molar-refractivity contribution in [1.82, 2.24) is 5.32 Å². The van der Waals surface area contributed by atoms with Crippen LogP contribution in [0.4, 0.5) is 11.4 Å². The van der Waals surface area contributed by atoms with E-state index in [0.29, 0.717) is 30.8 Å². The van der Waals surface area contributed by atoms with E-state index in [1.54, 1.807) is 42.5 Å². The normalized spacial score (nSPS) is 17.1. The molecule has 2 aromatic carbocycles. The van der Waals surface area contributed by atoms with Gasteiger partial charge in [0.2, 0.25) is 0 Å². The lowest BCUT2D eigenvalue weighted by atomic mass is 10.2. The Kier molecular flexibility index (Phi) is 5.22. The quantitative estimate of drug-likeness (QED) is 0.419. The van der Waals surface area contributed by atoms with E-state index in [-0.39, 0.29) is 11.6 Å². The first-order valence-corrected chi connectivity index (χ1v) is 8.91. The van der Waals surface area contributed by atoms with Crippen LogP contribution in [0.5, 0.6) is 0 Å². The Bertz CT molecular complexity index is 946. The second-order valence-electron chi connectivity index (χ2n) is 4.90. The Hall–Kier alpha value is -2.16. The summed E-state index contributed by atoms with van der Waals surface area (Å²) in [6, 6.07) is 11.7. The molecule has 3 rings (SSSR count). The zero-order valence-electron chi connectivity index (χ0n) is 12.4. The number of carbonyl (C=O) groups excluding carboxylic acids is 1. The summed E-state index contributed by atoms with van der Waals surface area (Å²) in [5, 5.41) is 14.5. The third kappa shape index (κ3) is 4.09. The number of nitro groups is 1. The van der Waals surface area contributed by atoms with Crippen LogP contribution in [-0.2, 0) is 4.79 Å². The van der Waals surface area contributed by atoms with E-state index in [2.05, 4.69) is 26.2 Å². The van der Waals surface area contributed by atoms with Gasteiger partial charge in [0, 0.05) is 6.07 Å². The second kappa shape index (κ2) is 7.38. The number of thioether (sulfide) groups is 1. The van der Waals surface area contributed by atoms with Gasteiger partial charge in [-0.15, -0.1) is 0 Å². The SMILES string of the molecule is O=C1NC(=Nc2ccccc2Cl)S/C1=C/c1ccc(Br)c([N+](=O)[O-])c1. The number of nitrogens with zero attached hydrogens (tertiary/aromatic N) is 2. The summed E-state index contributed by atoms with van der Waals surface area (Å²) >= 11 is 10.3. The largest absolute Gasteiger partial charge is 0.300 e. The topological polar surface area (TPSA) is 84.6 Å². The maximum absolute atomic E-state index is 12.1. The lowest BCUT2D eigenvalue weighted by molar-refractivity contribution is -0.385. The van der Waals surface area contributed by atoms with Crippen molar-refractivity contribution in [3.63, 3.8) is 0 Å². The lowest BCUT2D eigenvalue weighted by Crippen LogP contribution is -2.19. The molecule has 0 bridgehead atoms. The molecule has 0 unspecified atom stereocenters. The number of halogens is 2. The average molecular weight is 439 g/mol. The van der Waals surface area contributed by atoms with Crippen molar-refractivity contribution in [1.29, 1.82) is 0 Å². The van der Waals surface area contributed by atoms with Crippen molar-refractivity contribution in [2.45, 2.75) is 0 Å². The van der Waals surface area contributed by atoms with E-state index < -0.39 is 4.92 Å². The molecular formula is C16H9BrClN3O3S. The summed E-state index contributed by atoms with van der Waals surface area (Å²) in [4.78, 5) is 27.3. The standard InChI is InChI=1S/C16H9BrClN3O3S/c17-10-6-5-9(7-13(10)21(23)24)8-14-15(22)20-16(25-14)19-12-4-2-1-3-11(12)18/h1-8H,(H,19,20,22)/b14-8+. The third-order valence-corrected chi connectivity index (χ3v) is 5.09. The van der Waals surface area contributed by atoms with Crippen molar-refractivity contribution in [2.24, 2.45) is 4.99 Å². The molecule has 2 aromatic rings. The molecule has 9 heteroatoms. The van der Waals surface area contributed by atoms with Gasteiger partial charge in [0.05, 0.1) is 25.0 Å². The van der Waals surface area contributed by atoms with Gasteiger partial charge < -0.3 is 5.32 Å². The van der Waals surface area contributed by atoms with E-state index >= 15 is 0 Å². The first kappa shape index (κ1) is 17.7. The van der Waals surface area contributed by atoms with Gasteiger partial charge in [0.25, 0.3) is 11.6 Å². The minimum Gasteiger partial charge on any atom is -0.300 e. The fraction of sp³-hybridized carbons (Fsp3) is 0. The number of nitro benzene ring substituents is 1. The Labute approximate surface area is 160 Å². The number of amidine groups is 1. The van der Waals surface area contributed by atoms with Crippen LogP contribution in [0.25, 0.3) is 6.08 Å². The zero-order chi connectivity index (χ0) is 18.0. The van der Waals surface area contributed by atoms with Crippen LogP contribution < -0.4 is 5.32 Å². The highest BCUT2D eigenvalue weighted by Crippen LogP contribution is 2.32. The van der Waals surface area contributed by atoms with Gasteiger partial charge in [-0.2, -0.15) is 0 Å². The first-order valence-electron chi connectivity index (χ1n) is 6.92. The van der Waals surface area contributed by atoms with Crippen LogP contribution in [0.3, 0.4) is 0 Å². The Morgan fingerprint density at radius 1 is 1.28 bits per heavy atom. The number of amides is 1. The summed E-state index contributed by atoms with van der Waals surface area (Å²) < 4.78 is 0.379. The van der Waals surface area contributed by atoms with E-state index in [4.69, 9.17) is 11.6 Å². The van der Waals surface area contributed by atoms with Crippen molar-refractivity contribution < 1.29 is 9.72 Å². The van der Waals surface area contributed by atoms with Gasteiger partial charge in [0.1, 0.15) is 0 Å². The number of nitrogens with one attached hydrogen (secondary N) is 1. The van der Waals surface area contributed by atoms with Gasteiger partial charge in [-0.3, -0.25) is 14.9 Å². The molecule has 1 fully saturated rings. The minimum atomic E-state index is -0.488. The number of carbonyl (C=O) groups is 1. The van der Waals surface area contributed by atoms with Gasteiger partial charge in [-0.25, -0.2) is 4.99 Å². The van der Waals surface area contributed by atoms with Crippen molar-refractivity contribution in [3.05, 3.63) is 72.5 Å². The van der Waals surface area contributed by atoms with E-state index in [9.17, 15) is 14.9 Å². The van der Waals surface area contributed by atoms with Gasteiger partial charge in [-0.1, -0.05) is 29.8 Å². The van der Waals surface area contributed by atoms with Crippen LogP contribution in [0.1, 0.15) is 5.56 Å². The average Bonchev–Trinajstić information content (AvgIpc) is 2.90. The number of benzene rings is 2. The Morgan fingerprint density at radius 3 is 2.76 bits per heavy atom. The van der Waals surface area contributed by atoms with Crippen LogP contribution in [0.15, 0.2) is 56.8 Å². The van der Waals surface area contributed by atoms with Crippen LogP contribution >= 0.6 is 39.3 Å². The molecule has 0 saturated carbocycles. The van der Waals surface area contributed by atoms with Gasteiger partial charge in [-0.05, 0) is 57.5 Å². The first-order chi connectivity index (χ1) is 11.9. The zero-order valence-corrected chi connectivity index (χ0v) is 15.6. The van der Waals surface area contributed by atoms with Crippen LogP contribution in [0.2, 0.25) is 5.02 Å². The number of hydrogen-bond donors (Lipinski definition) is 1. The molecule has 1 saturated heterocycles. The molecule has 1 aliphatic rings. The molecule has 0 aromatic heterocycles. The molecule has 0 aliphatic carbocycles. The highest BCUT2D eigenvalue weighted by Gasteiger charge is 2.24. The molecule has 1 N–H and O–H groups in total. The summed E-state index contributed by atoms with van der Waals surface area (Å²) in [6.45, 7) is 0. The molecule has 25 heavy (non-hydrogen) atoms. The monoisotopic (exact) mass is 437 g/mol. The van der Waals surface area contributed by atoms with Crippen molar-refractivity contribution in [2.75, 3.05) is 0 Å². The summed E-state index contributed by atoms with van der Waals surface area (Å²) in [6.07, 6.45) is 1.58. The van der Waals surface area contributed by atoms with Crippen molar-refractivity contribution in [3.8, 4) is 0 Å². The van der Waals surface area contributed by atoms with E-state index in [1.165, 1.54) is 6.07 Å². The highest BCUT2D eigenvalue weighted by molar-refractivity contribution is 9.10. The number of aliphatic imine (C=N–C) groups is 1. The number of rotatable bonds is 3. The Morgan fingerprint density at radius 2 is 2.04 bits per heavy atom. The summed E-state index contributed by atoms with van der Waals surface area (Å²) in [5.41, 5.74) is 1.03. The smallest absolute Gasteiger partial charge is 0.284 e. The fourth-order valence-corrected chi connectivity index (χ4v) is 3.45. The Balaban J connectivity index is 1.88.